The summed E-state index contributed by atoms with van der Waals surface area (Å²) in [6.45, 7) is 12.6. The lowest BCUT2D eigenvalue weighted by atomic mass is 9.97. The predicted molar refractivity (Wildman–Crippen MR) is 142 cm³/mol. The number of hydrogen-bond acceptors (Lipinski definition) is 2. The van der Waals surface area contributed by atoms with E-state index < -0.39 is 0 Å². The molecular weight excluding hydrogens is 404 g/mol. The first-order valence-electron chi connectivity index (χ1n) is 12.9. The molecule has 0 aliphatic rings. The molecule has 3 heteroatoms. The van der Waals surface area contributed by atoms with Gasteiger partial charge in [-0.15, -0.1) is 0 Å². The number of amides is 1. The van der Waals surface area contributed by atoms with Crippen molar-refractivity contribution < 1.29 is 4.79 Å². The molecule has 0 aliphatic carbocycles. The van der Waals surface area contributed by atoms with Crippen LogP contribution in [0.25, 0.3) is 0 Å². The molecule has 33 heavy (non-hydrogen) atoms. The molecule has 2 unspecified atom stereocenters. The van der Waals surface area contributed by atoms with Crippen LogP contribution in [-0.4, -0.2) is 36.2 Å². The van der Waals surface area contributed by atoms with Gasteiger partial charge in [0, 0.05) is 25.7 Å². The second-order valence-corrected chi connectivity index (χ2v) is 9.61. The fourth-order valence-electron chi connectivity index (χ4n) is 4.00. The van der Waals surface area contributed by atoms with Gasteiger partial charge in [-0.1, -0.05) is 102 Å². The smallest absolute Gasteiger partial charge is 0.247 e. The number of unbranched alkanes of at least 4 members (excludes halogenated alkanes) is 2. The molecule has 0 heterocycles. The molecule has 0 aromatic heterocycles. The molecule has 0 saturated heterocycles. The van der Waals surface area contributed by atoms with Crippen LogP contribution in [0.3, 0.4) is 0 Å². The molecule has 0 fully saturated rings. The van der Waals surface area contributed by atoms with Crippen molar-refractivity contribution in [2.45, 2.75) is 85.1 Å². The highest BCUT2D eigenvalue weighted by Gasteiger charge is 2.23. The zero-order valence-corrected chi connectivity index (χ0v) is 21.5. The quantitative estimate of drug-likeness (QED) is 0.284. The number of nitrogens with zero attached hydrogens (tertiary/aromatic N) is 2. The standard InChI is InChI=1S/C30H44N2O/c1-6-8-19-32(20-9-7-2)30(33)29(22-26-13-11-10-12-14-26)31-23-25(5)21-27-15-17-28(18-16-27)24(3)4/h10-18,23-25,29H,6-9,19-22H2,1-5H3/b31-23+. The van der Waals surface area contributed by atoms with E-state index in [9.17, 15) is 4.79 Å². The second kappa shape index (κ2) is 14.7. The summed E-state index contributed by atoms with van der Waals surface area (Å²) in [5.41, 5.74) is 3.85. The average Bonchev–Trinajstić information content (AvgIpc) is 2.82. The molecule has 180 valence electrons. The second-order valence-electron chi connectivity index (χ2n) is 9.61. The zero-order chi connectivity index (χ0) is 24.1. The summed E-state index contributed by atoms with van der Waals surface area (Å²) in [6.07, 6.45) is 7.87. The SMILES string of the molecule is CCCCN(CCCC)C(=O)C(Cc1ccccc1)/N=C/C(C)Cc1ccc(C(C)C)cc1. The Labute approximate surface area is 202 Å². The fourth-order valence-corrected chi connectivity index (χ4v) is 4.00. The van der Waals surface area contributed by atoms with E-state index in [2.05, 4.69) is 71.0 Å². The largest absolute Gasteiger partial charge is 0.341 e. The topological polar surface area (TPSA) is 32.7 Å². The normalized spacial score (nSPS) is 13.4. The number of rotatable bonds is 14. The van der Waals surface area contributed by atoms with Crippen LogP contribution in [0.1, 0.15) is 82.9 Å². The Kier molecular flexibility index (Phi) is 11.9. The lowest BCUT2D eigenvalue weighted by Gasteiger charge is -2.26. The Hall–Kier alpha value is -2.42. The van der Waals surface area contributed by atoms with Crippen LogP contribution in [0, 0.1) is 5.92 Å². The van der Waals surface area contributed by atoms with Gasteiger partial charge in [0.1, 0.15) is 6.04 Å². The van der Waals surface area contributed by atoms with Crippen LogP contribution in [0.5, 0.6) is 0 Å². The highest BCUT2D eigenvalue weighted by molar-refractivity contribution is 5.84. The van der Waals surface area contributed by atoms with Crippen molar-refractivity contribution in [2.75, 3.05) is 13.1 Å². The van der Waals surface area contributed by atoms with Gasteiger partial charge in [-0.3, -0.25) is 9.79 Å². The van der Waals surface area contributed by atoms with E-state index in [4.69, 9.17) is 4.99 Å². The van der Waals surface area contributed by atoms with E-state index in [1.807, 2.05) is 29.3 Å². The lowest BCUT2D eigenvalue weighted by molar-refractivity contribution is -0.132. The van der Waals surface area contributed by atoms with Gasteiger partial charge in [-0.2, -0.15) is 0 Å². The molecule has 3 nitrogen and oxygen atoms in total. The highest BCUT2D eigenvalue weighted by atomic mass is 16.2. The minimum absolute atomic E-state index is 0.172. The third kappa shape index (κ3) is 9.53. The first-order chi connectivity index (χ1) is 15.9. The number of carbonyl (C=O) groups excluding carboxylic acids is 1. The Balaban J connectivity index is 2.14. The molecule has 1 amide bonds. The summed E-state index contributed by atoms with van der Waals surface area (Å²) in [4.78, 5) is 20.5. The summed E-state index contributed by atoms with van der Waals surface area (Å²) in [5, 5.41) is 0. The third-order valence-electron chi connectivity index (χ3n) is 6.16. The van der Waals surface area contributed by atoms with E-state index in [0.29, 0.717) is 12.3 Å². The number of hydrogen-bond donors (Lipinski definition) is 0. The summed E-state index contributed by atoms with van der Waals surface area (Å²) in [6, 6.07) is 18.8. The minimum Gasteiger partial charge on any atom is -0.341 e. The summed E-state index contributed by atoms with van der Waals surface area (Å²) in [5.74, 6) is 0.998. The van der Waals surface area contributed by atoms with Gasteiger partial charge < -0.3 is 4.90 Å². The van der Waals surface area contributed by atoms with Crippen molar-refractivity contribution in [3.05, 3.63) is 71.3 Å². The molecule has 2 aromatic rings. The van der Waals surface area contributed by atoms with Gasteiger partial charge in [0.05, 0.1) is 0 Å². The minimum atomic E-state index is -0.355. The Morgan fingerprint density at radius 2 is 1.42 bits per heavy atom. The fraction of sp³-hybridized carbons (Fsp3) is 0.533. The van der Waals surface area contributed by atoms with Crippen molar-refractivity contribution in [2.24, 2.45) is 10.9 Å². The van der Waals surface area contributed by atoms with Crippen molar-refractivity contribution in [3.8, 4) is 0 Å². The van der Waals surface area contributed by atoms with Gasteiger partial charge in [-0.25, -0.2) is 0 Å². The Bertz CT molecular complexity index is 818. The number of carbonyl (C=O) groups is 1. The lowest BCUT2D eigenvalue weighted by Crippen LogP contribution is -2.40. The van der Waals surface area contributed by atoms with Crippen LogP contribution in [0.15, 0.2) is 59.6 Å². The molecular formula is C30H44N2O. The predicted octanol–water partition coefficient (Wildman–Crippen LogP) is 7.10. The summed E-state index contributed by atoms with van der Waals surface area (Å²) in [7, 11) is 0. The summed E-state index contributed by atoms with van der Waals surface area (Å²) < 4.78 is 0. The van der Waals surface area contributed by atoms with Gasteiger partial charge >= 0.3 is 0 Å². The average molecular weight is 449 g/mol. The molecule has 0 aliphatic heterocycles. The van der Waals surface area contributed by atoms with Crippen LogP contribution in [-0.2, 0) is 17.6 Å². The molecule has 0 saturated carbocycles. The first-order valence-corrected chi connectivity index (χ1v) is 12.9. The maximum atomic E-state index is 13.5. The molecule has 2 rings (SSSR count). The first kappa shape index (κ1) is 26.8. The molecule has 0 N–H and O–H groups in total. The van der Waals surface area contributed by atoms with Crippen molar-refractivity contribution in [3.63, 3.8) is 0 Å². The molecule has 0 bridgehead atoms. The Morgan fingerprint density at radius 3 is 1.97 bits per heavy atom. The monoisotopic (exact) mass is 448 g/mol. The summed E-state index contributed by atoms with van der Waals surface area (Å²) >= 11 is 0. The van der Waals surface area contributed by atoms with Gasteiger partial charge in [0.15, 0.2) is 0 Å². The van der Waals surface area contributed by atoms with Crippen LogP contribution in [0.2, 0.25) is 0 Å². The van der Waals surface area contributed by atoms with E-state index in [1.54, 1.807) is 0 Å². The van der Waals surface area contributed by atoms with Crippen molar-refractivity contribution in [1.29, 1.82) is 0 Å². The van der Waals surface area contributed by atoms with Crippen LogP contribution < -0.4 is 0 Å². The maximum Gasteiger partial charge on any atom is 0.247 e. The van der Waals surface area contributed by atoms with Gasteiger partial charge in [-0.05, 0) is 47.8 Å². The van der Waals surface area contributed by atoms with E-state index >= 15 is 0 Å². The van der Waals surface area contributed by atoms with Crippen molar-refractivity contribution >= 4 is 12.1 Å². The van der Waals surface area contributed by atoms with E-state index in [-0.39, 0.29) is 17.9 Å². The van der Waals surface area contributed by atoms with E-state index in [0.717, 1.165) is 50.8 Å². The Morgan fingerprint density at radius 1 is 0.848 bits per heavy atom. The molecule has 2 aromatic carbocycles. The maximum absolute atomic E-state index is 13.5. The molecule has 2 atom stereocenters. The van der Waals surface area contributed by atoms with Crippen molar-refractivity contribution in [1.82, 2.24) is 4.90 Å². The van der Waals surface area contributed by atoms with E-state index in [1.165, 1.54) is 11.1 Å². The molecule has 0 spiro atoms. The zero-order valence-electron chi connectivity index (χ0n) is 21.5. The highest BCUT2D eigenvalue weighted by Crippen LogP contribution is 2.17. The van der Waals surface area contributed by atoms with Crippen LogP contribution >= 0.6 is 0 Å². The number of benzene rings is 2. The molecule has 0 radical (unpaired) electrons. The number of aliphatic imine (C=N–C) groups is 1. The van der Waals surface area contributed by atoms with Gasteiger partial charge in [0.2, 0.25) is 5.91 Å². The van der Waals surface area contributed by atoms with Gasteiger partial charge in [0.25, 0.3) is 0 Å². The van der Waals surface area contributed by atoms with Crippen LogP contribution in [0.4, 0.5) is 0 Å². The third-order valence-corrected chi connectivity index (χ3v) is 6.16.